The summed E-state index contributed by atoms with van der Waals surface area (Å²) in [7, 11) is 0. The third kappa shape index (κ3) is 5.40. The van der Waals surface area contributed by atoms with E-state index >= 15 is 0 Å². The second-order valence-electron chi connectivity index (χ2n) is 5.58. The van der Waals surface area contributed by atoms with Gasteiger partial charge in [-0.3, -0.25) is 0 Å². The average Bonchev–Trinajstić information content (AvgIpc) is 2.33. The number of aryl methyl sites for hydroxylation is 1. The Kier molecular flexibility index (Phi) is 6.16. The number of halogens is 1. The largest absolute Gasteiger partial charge is 0.494 e. The minimum Gasteiger partial charge on any atom is -0.494 e. The Balaban J connectivity index is 2.24. The molecule has 18 heavy (non-hydrogen) atoms. The molecule has 2 N–H and O–H groups in total. The van der Waals surface area contributed by atoms with Crippen LogP contribution in [0.3, 0.4) is 0 Å². The van der Waals surface area contributed by atoms with E-state index in [2.05, 4.69) is 42.8 Å². The van der Waals surface area contributed by atoms with Crippen LogP contribution >= 0.6 is 15.9 Å². The monoisotopic (exact) mass is 313 g/mol. The van der Waals surface area contributed by atoms with Gasteiger partial charge in [0.25, 0.3) is 0 Å². The highest BCUT2D eigenvalue weighted by atomic mass is 79.9. The number of ether oxygens (including phenoxy) is 1. The quantitative estimate of drug-likeness (QED) is 0.762. The van der Waals surface area contributed by atoms with Gasteiger partial charge >= 0.3 is 0 Å². The lowest BCUT2D eigenvalue weighted by atomic mass is 9.87. The summed E-state index contributed by atoms with van der Waals surface area (Å²) >= 11 is 3.48. The molecule has 0 spiro atoms. The lowest BCUT2D eigenvalue weighted by Crippen LogP contribution is -2.23. The van der Waals surface area contributed by atoms with Gasteiger partial charge in [0.1, 0.15) is 5.75 Å². The van der Waals surface area contributed by atoms with Gasteiger partial charge in [0.2, 0.25) is 0 Å². The van der Waals surface area contributed by atoms with Crippen molar-refractivity contribution in [2.75, 3.05) is 13.2 Å². The van der Waals surface area contributed by atoms with E-state index in [9.17, 15) is 0 Å². The van der Waals surface area contributed by atoms with Crippen molar-refractivity contribution < 1.29 is 4.74 Å². The smallest absolute Gasteiger partial charge is 0.119 e. The zero-order valence-electron chi connectivity index (χ0n) is 11.6. The molecule has 0 aliphatic carbocycles. The first-order valence-electron chi connectivity index (χ1n) is 6.54. The number of hydrogen-bond acceptors (Lipinski definition) is 2. The first kappa shape index (κ1) is 15.5. The Morgan fingerprint density at radius 3 is 2.61 bits per heavy atom. The predicted molar refractivity (Wildman–Crippen MR) is 81.1 cm³/mol. The Labute approximate surface area is 119 Å². The second-order valence-corrected chi connectivity index (χ2v) is 6.44. The average molecular weight is 314 g/mol. The van der Waals surface area contributed by atoms with Crippen molar-refractivity contribution in [1.29, 1.82) is 0 Å². The molecule has 0 aliphatic rings. The van der Waals surface area contributed by atoms with Crippen LogP contribution in [0.25, 0.3) is 0 Å². The fourth-order valence-electron chi connectivity index (χ4n) is 1.70. The summed E-state index contributed by atoms with van der Waals surface area (Å²) in [6.45, 7) is 8.03. The van der Waals surface area contributed by atoms with E-state index in [1.165, 1.54) is 12.0 Å². The standard InChI is InChI=1S/C15H24BrNO/c1-12-10-13(6-7-14(12)16)18-9-5-4-8-15(2,3)11-17/h6-7,10H,4-5,8-9,11,17H2,1-3H3. The van der Waals surface area contributed by atoms with Crippen LogP contribution in [0.4, 0.5) is 0 Å². The second kappa shape index (κ2) is 7.15. The molecular weight excluding hydrogens is 290 g/mol. The van der Waals surface area contributed by atoms with Crippen LogP contribution in [0.1, 0.15) is 38.7 Å². The highest BCUT2D eigenvalue weighted by Crippen LogP contribution is 2.23. The van der Waals surface area contributed by atoms with Gasteiger partial charge in [0.05, 0.1) is 6.61 Å². The van der Waals surface area contributed by atoms with E-state index in [-0.39, 0.29) is 5.41 Å². The van der Waals surface area contributed by atoms with Crippen LogP contribution < -0.4 is 10.5 Å². The molecule has 2 nitrogen and oxygen atoms in total. The van der Waals surface area contributed by atoms with Gasteiger partial charge in [-0.15, -0.1) is 0 Å². The summed E-state index contributed by atoms with van der Waals surface area (Å²) in [6.07, 6.45) is 3.41. The van der Waals surface area contributed by atoms with Crippen molar-refractivity contribution in [2.24, 2.45) is 11.1 Å². The maximum Gasteiger partial charge on any atom is 0.119 e. The van der Waals surface area contributed by atoms with Crippen molar-refractivity contribution in [3.8, 4) is 5.75 Å². The first-order chi connectivity index (χ1) is 8.44. The van der Waals surface area contributed by atoms with Crippen LogP contribution in [-0.4, -0.2) is 13.2 Å². The van der Waals surface area contributed by atoms with E-state index in [0.717, 1.165) is 36.2 Å². The number of unbranched alkanes of at least 4 members (excludes halogenated alkanes) is 1. The molecule has 0 unspecified atom stereocenters. The molecule has 0 saturated heterocycles. The highest BCUT2D eigenvalue weighted by molar-refractivity contribution is 9.10. The van der Waals surface area contributed by atoms with Gasteiger partial charge < -0.3 is 10.5 Å². The minimum absolute atomic E-state index is 0.258. The molecule has 0 saturated carbocycles. The summed E-state index contributed by atoms with van der Waals surface area (Å²) in [5.74, 6) is 0.953. The fraction of sp³-hybridized carbons (Fsp3) is 0.600. The fourth-order valence-corrected chi connectivity index (χ4v) is 1.95. The molecule has 0 aliphatic heterocycles. The van der Waals surface area contributed by atoms with E-state index in [1.807, 2.05) is 12.1 Å². The predicted octanol–water partition coefficient (Wildman–Crippen LogP) is 4.29. The molecule has 0 aromatic heterocycles. The molecule has 0 bridgehead atoms. The molecule has 102 valence electrons. The van der Waals surface area contributed by atoms with Crippen LogP contribution in [0.2, 0.25) is 0 Å². The molecule has 1 aromatic carbocycles. The van der Waals surface area contributed by atoms with Crippen LogP contribution in [0.5, 0.6) is 5.75 Å². The van der Waals surface area contributed by atoms with Crippen LogP contribution in [0.15, 0.2) is 22.7 Å². The van der Waals surface area contributed by atoms with Gasteiger partial charge in [-0.05, 0) is 61.9 Å². The summed E-state index contributed by atoms with van der Waals surface area (Å²) in [4.78, 5) is 0. The molecule has 1 rings (SSSR count). The topological polar surface area (TPSA) is 35.2 Å². The summed E-state index contributed by atoms with van der Waals surface area (Å²) in [5, 5.41) is 0. The Morgan fingerprint density at radius 2 is 2.00 bits per heavy atom. The van der Waals surface area contributed by atoms with Gasteiger partial charge in [0.15, 0.2) is 0 Å². The number of hydrogen-bond donors (Lipinski definition) is 1. The minimum atomic E-state index is 0.258. The van der Waals surface area contributed by atoms with Crippen LogP contribution in [-0.2, 0) is 0 Å². The number of rotatable bonds is 7. The molecule has 0 atom stereocenters. The Bertz CT molecular complexity index is 377. The molecule has 0 radical (unpaired) electrons. The highest BCUT2D eigenvalue weighted by Gasteiger charge is 2.14. The maximum absolute atomic E-state index is 5.74. The molecule has 0 heterocycles. The zero-order valence-corrected chi connectivity index (χ0v) is 13.2. The van der Waals surface area contributed by atoms with E-state index in [0.29, 0.717) is 0 Å². The number of nitrogens with two attached hydrogens (primary N) is 1. The van der Waals surface area contributed by atoms with Crippen molar-refractivity contribution in [3.63, 3.8) is 0 Å². The van der Waals surface area contributed by atoms with Gasteiger partial charge in [-0.1, -0.05) is 29.8 Å². The van der Waals surface area contributed by atoms with E-state index < -0.39 is 0 Å². The maximum atomic E-state index is 5.74. The molecule has 1 aromatic rings. The van der Waals surface area contributed by atoms with E-state index in [4.69, 9.17) is 10.5 Å². The third-order valence-electron chi connectivity index (χ3n) is 3.20. The third-order valence-corrected chi connectivity index (χ3v) is 4.09. The summed E-state index contributed by atoms with van der Waals surface area (Å²) < 4.78 is 6.86. The molecular formula is C15H24BrNO. The van der Waals surface area contributed by atoms with Crippen LogP contribution in [0, 0.1) is 12.3 Å². The number of benzene rings is 1. The Morgan fingerprint density at radius 1 is 1.28 bits per heavy atom. The molecule has 0 fully saturated rings. The zero-order chi connectivity index (χ0) is 13.6. The van der Waals surface area contributed by atoms with E-state index in [1.54, 1.807) is 0 Å². The first-order valence-corrected chi connectivity index (χ1v) is 7.33. The van der Waals surface area contributed by atoms with Crippen molar-refractivity contribution in [2.45, 2.75) is 40.0 Å². The van der Waals surface area contributed by atoms with Gasteiger partial charge in [0, 0.05) is 4.47 Å². The van der Waals surface area contributed by atoms with Crippen molar-refractivity contribution in [1.82, 2.24) is 0 Å². The summed E-state index contributed by atoms with van der Waals surface area (Å²) in [6, 6.07) is 6.09. The SMILES string of the molecule is Cc1cc(OCCCCC(C)(C)CN)ccc1Br. The lowest BCUT2D eigenvalue weighted by Gasteiger charge is -2.21. The molecule has 0 amide bonds. The Hall–Kier alpha value is -0.540. The van der Waals surface area contributed by atoms with Gasteiger partial charge in [-0.2, -0.15) is 0 Å². The lowest BCUT2D eigenvalue weighted by molar-refractivity contribution is 0.278. The molecule has 3 heteroatoms. The summed E-state index contributed by atoms with van der Waals surface area (Å²) in [5.41, 5.74) is 7.17. The normalized spacial score (nSPS) is 11.6. The van der Waals surface area contributed by atoms with Gasteiger partial charge in [-0.25, -0.2) is 0 Å². The van der Waals surface area contributed by atoms with Crippen molar-refractivity contribution in [3.05, 3.63) is 28.2 Å². The van der Waals surface area contributed by atoms with Crippen molar-refractivity contribution >= 4 is 15.9 Å².